The molecular weight excluding hydrogens is 320 g/mol. The van der Waals surface area contributed by atoms with Gasteiger partial charge in [-0.1, -0.05) is 18.2 Å². The molecule has 23 heavy (non-hydrogen) atoms. The molecule has 1 amide bonds. The highest BCUT2D eigenvalue weighted by atomic mass is 32.2. The molecule has 0 aromatic heterocycles. The van der Waals surface area contributed by atoms with E-state index in [0.717, 1.165) is 11.8 Å². The first-order valence-electron chi connectivity index (χ1n) is 7.11. The van der Waals surface area contributed by atoms with E-state index in [1.807, 2.05) is 30.3 Å². The highest BCUT2D eigenvalue weighted by molar-refractivity contribution is 7.99. The Kier molecular flexibility index (Phi) is 6.87. The van der Waals surface area contributed by atoms with Crippen LogP contribution >= 0.6 is 11.8 Å². The molecule has 0 bridgehead atoms. The van der Waals surface area contributed by atoms with Crippen molar-refractivity contribution >= 4 is 17.7 Å². The van der Waals surface area contributed by atoms with Crippen molar-refractivity contribution in [3.05, 3.63) is 65.7 Å². The quantitative estimate of drug-likeness (QED) is 0.751. The summed E-state index contributed by atoms with van der Waals surface area (Å²) >= 11 is 1.44. The Morgan fingerprint density at radius 1 is 1.09 bits per heavy atom. The molecule has 122 valence electrons. The smallest absolute Gasteiger partial charge is 0.230 e. The van der Waals surface area contributed by atoms with Crippen molar-refractivity contribution in [1.82, 2.24) is 5.32 Å². The van der Waals surface area contributed by atoms with Gasteiger partial charge < -0.3 is 10.1 Å². The number of thioether (sulfide) groups is 1. The van der Waals surface area contributed by atoms with Crippen LogP contribution in [0.4, 0.5) is 8.78 Å². The minimum absolute atomic E-state index is 0.106. The first-order valence-corrected chi connectivity index (χ1v) is 8.26. The lowest BCUT2D eigenvalue weighted by atomic mass is 10.2. The van der Waals surface area contributed by atoms with Crippen LogP contribution in [0.25, 0.3) is 0 Å². The zero-order chi connectivity index (χ0) is 16.5. The van der Waals surface area contributed by atoms with E-state index in [2.05, 4.69) is 5.32 Å². The minimum Gasteiger partial charge on any atom is -0.493 e. The first kappa shape index (κ1) is 17.3. The van der Waals surface area contributed by atoms with Gasteiger partial charge in [0, 0.05) is 18.4 Å². The number of rotatable bonds is 8. The van der Waals surface area contributed by atoms with Crippen molar-refractivity contribution in [3.63, 3.8) is 0 Å². The molecule has 0 aliphatic carbocycles. The fourth-order valence-corrected chi connectivity index (χ4v) is 2.50. The van der Waals surface area contributed by atoms with Crippen LogP contribution in [0.3, 0.4) is 0 Å². The van der Waals surface area contributed by atoms with Crippen molar-refractivity contribution in [3.8, 4) is 5.75 Å². The third kappa shape index (κ3) is 6.69. The Morgan fingerprint density at radius 3 is 2.48 bits per heavy atom. The summed E-state index contributed by atoms with van der Waals surface area (Å²) in [5.41, 5.74) is 0.397. The topological polar surface area (TPSA) is 38.3 Å². The Hall–Kier alpha value is -2.08. The molecule has 0 radical (unpaired) electrons. The maximum atomic E-state index is 13.0. The lowest BCUT2D eigenvalue weighted by Gasteiger charge is -2.07. The van der Waals surface area contributed by atoms with Crippen molar-refractivity contribution in [2.24, 2.45) is 0 Å². The molecule has 0 aliphatic heterocycles. The first-order chi connectivity index (χ1) is 11.1. The molecule has 0 saturated heterocycles. The van der Waals surface area contributed by atoms with Gasteiger partial charge in [0.2, 0.25) is 5.91 Å². The number of carbonyl (C=O) groups excluding carboxylic acids is 1. The standard InChI is InChI=1S/C17H17F2NO2S/c18-14-8-13(9-15(19)10-14)11-20-17(21)12-23-7-6-22-16-4-2-1-3-5-16/h1-5,8-10H,6-7,11-12H2,(H,20,21). The molecule has 3 nitrogen and oxygen atoms in total. The van der Waals surface area contributed by atoms with E-state index in [0.29, 0.717) is 17.9 Å². The molecule has 0 atom stereocenters. The number of hydrogen-bond donors (Lipinski definition) is 1. The molecule has 0 unspecified atom stereocenters. The summed E-state index contributed by atoms with van der Waals surface area (Å²) in [6, 6.07) is 12.6. The number of halogens is 2. The lowest BCUT2D eigenvalue weighted by Crippen LogP contribution is -2.25. The van der Waals surface area contributed by atoms with Crippen LogP contribution in [-0.2, 0) is 11.3 Å². The Labute approximate surface area is 138 Å². The van der Waals surface area contributed by atoms with Gasteiger partial charge in [0.25, 0.3) is 0 Å². The third-order valence-corrected chi connectivity index (χ3v) is 3.81. The number of hydrogen-bond acceptors (Lipinski definition) is 3. The fourth-order valence-electron chi connectivity index (χ4n) is 1.86. The lowest BCUT2D eigenvalue weighted by molar-refractivity contribution is -0.118. The number of ether oxygens (including phenoxy) is 1. The Bertz CT molecular complexity index is 617. The van der Waals surface area contributed by atoms with Gasteiger partial charge in [0.15, 0.2) is 0 Å². The van der Waals surface area contributed by atoms with Gasteiger partial charge >= 0.3 is 0 Å². The molecule has 2 aromatic rings. The van der Waals surface area contributed by atoms with Gasteiger partial charge in [-0.3, -0.25) is 4.79 Å². The molecule has 0 heterocycles. The highest BCUT2D eigenvalue weighted by Crippen LogP contribution is 2.10. The van der Waals surface area contributed by atoms with Gasteiger partial charge in [0.1, 0.15) is 17.4 Å². The summed E-state index contributed by atoms with van der Waals surface area (Å²) in [6.45, 7) is 0.617. The summed E-state index contributed by atoms with van der Waals surface area (Å²) in [6.07, 6.45) is 0. The number of carbonyl (C=O) groups is 1. The van der Waals surface area contributed by atoms with Gasteiger partial charge in [0.05, 0.1) is 12.4 Å². The normalized spacial score (nSPS) is 10.3. The summed E-state index contributed by atoms with van der Waals surface area (Å²) in [5, 5.41) is 2.63. The zero-order valence-corrected chi connectivity index (χ0v) is 13.2. The van der Waals surface area contributed by atoms with Crippen LogP contribution in [0.5, 0.6) is 5.75 Å². The monoisotopic (exact) mass is 337 g/mol. The third-order valence-electron chi connectivity index (χ3n) is 2.88. The molecule has 2 aromatic carbocycles. The van der Waals surface area contributed by atoms with Crippen molar-refractivity contribution in [1.29, 1.82) is 0 Å². The molecule has 2 rings (SSSR count). The van der Waals surface area contributed by atoms with Gasteiger partial charge in [-0.2, -0.15) is 0 Å². The zero-order valence-electron chi connectivity index (χ0n) is 12.4. The van der Waals surface area contributed by atoms with Crippen molar-refractivity contribution in [2.45, 2.75) is 6.54 Å². The largest absolute Gasteiger partial charge is 0.493 e. The predicted octanol–water partition coefficient (Wildman–Crippen LogP) is 3.39. The van der Waals surface area contributed by atoms with Gasteiger partial charge in [-0.25, -0.2) is 8.78 Å². The maximum absolute atomic E-state index is 13.0. The van der Waals surface area contributed by atoms with Gasteiger partial charge in [-0.05, 0) is 29.8 Å². The van der Waals surface area contributed by atoms with Crippen LogP contribution < -0.4 is 10.1 Å². The molecular formula is C17H17F2NO2S. The number of para-hydroxylation sites is 1. The van der Waals surface area contributed by atoms with Crippen LogP contribution in [0, 0.1) is 11.6 Å². The van der Waals surface area contributed by atoms with Crippen LogP contribution in [0.1, 0.15) is 5.56 Å². The Morgan fingerprint density at radius 2 is 1.78 bits per heavy atom. The molecule has 1 N–H and O–H groups in total. The molecule has 6 heteroatoms. The summed E-state index contributed by atoms with van der Waals surface area (Å²) in [7, 11) is 0. The molecule has 0 aliphatic rings. The average molecular weight is 337 g/mol. The summed E-state index contributed by atoms with van der Waals surface area (Å²) < 4.78 is 31.5. The second-order valence-electron chi connectivity index (χ2n) is 4.77. The second kappa shape index (κ2) is 9.15. The Balaban J connectivity index is 1.60. The van der Waals surface area contributed by atoms with Crippen LogP contribution in [-0.4, -0.2) is 24.0 Å². The number of amides is 1. The highest BCUT2D eigenvalue weighted by Gasteiger charge is 2.04. The number of nitrogens with one attached hydrogen (secondary N) is 1. The SMILES string of the molecule is O=C(CSCCOc1ccccc1)NCc1cc(F)cc(F)c1. The van der Waals surface area contributed by atoms with Crippen LogP contribution in [0.15, 0.2) is 48.5 Å². The van der Waals surface area contributed by atoms with E-state index in [9.17, 15) is 13.6 Å². The molecule has 0 saturated carbocycles. The summed E-state index contributed by atoms with van der Waals surface area (Å²) in [4.78, 5) is 11.7. The van der Waals surface area contributed by atoms with E-state index < -0.39 is 11.6 Å². The molecule has 0 fully saturated rings. The van der Waals surface area contributed by atoms with Crippen LogP contribution in [0.2, 0.25) is 0 Å². The van der Waals surface area contributed by atoms with E-state index in [1.54, 1.807) is 0 Å². The fraction of sp³-hybridized carbons (Fsp3) is 0.235. The average Bonchev–Trinajstić information content (AvgIpc) is 2.53. The summed E-state index contributed by atoms with van der Waals surface area (Å²) in [5.74, 6) is 0.265. The maximum Gasteiger partial charge on any atom is 0.230 e. The van der Waals surface area contributed by atoms with Crippen molar-refractivity contribution < 1.29 is 18.3 Å². The predicted molar refractivity (Wildman–Crippen MR) is 87.5 cm³/mol. The second-order valence-corrected chi connectivity index (χ2v) is 5.87. The molecule has 0 spiro atoms. The number of benzene rings is 2. The van der Waals surface area contributed by atoms with E-state index in [1.165, 1.54) is 23.9 Å². The van der Waals surface area contributed by atoms with Gasteiger partial charge in [-0.15, -0.1) is 11.8 Å². The van der Waals surface area contributed by atoms with E-state index in [4.69, 9.17) is 4.74 Å². The van der Waals surface area contributed by atoms with Crippen molar-refractivity contribution in [2.75, 3.05) is 18.1 Å². The van der Waals surface area contributed by atoms with E-state index >= 15 is 0 Å². The minimum atomic E-state index is -0.651. The van der Waals surface area contributed by atoms with E-state index in [-0.39, 0.29) is 18.2 Å².